The maximum atomic E-state index is 11.6. The smallest absolute Gasteiger partial charge is 0.302 e. The first kappa shape index (κ1) is 23.1. The molecule has 0 aliphatic rings. The van der Waals surface area contributed by atoms with Gasteiger partial charge < -0.3 is 24.8 Å². The van der Waals surface area contributed by atoms with E-state index in [2.05, 4.69) is 0 Å². The molecule has 0 aliphatic heterocycles. The van der Waals surface area contributed by atoms with Crippen molar-refractivity contribution in [1.29, 1.82) is 0 Å². The number of phenolic OH excluding ortho intramolecular Hbond substituents is 3. The molecular formula is C23H28O7. The number of phenols is 3. The van der Waals surface area contributed by atoms with Gasteiger partial charge in [-0.3, -0.25) is 9.59 Å². The van der Waals surface area contributed by atoms with Gasteiger partial charge in [0.1, 0.15) is 18.0 Å². The second kappa shape index (κ2) is 11.1. The molecule has 0 fully saturated rings. The summed E-state index contributed by atoms with van der Waals surface area (Å²) in [7, 11) is 0. The zero-order valence-electron chi connectivity index (χ0n) is 17.2. The lowest BCUT2D eigenvalue weighted by Gasteiger charge is -2.23. The fourth-order valence-corrected chi connectivity index (χ4v) is 3.25. The SMILES string of the molecule is CC(=O)OC(CCc1ccc(O)cc1)CC(CCc1ccc(O)c(O)c1)OC(C)=O. The van der Waals surface area contributed by atoms with Crippen molar-refractivity contribution in [3.63, 3.8) is 0 Å². The molecule has 0 saturated heterocycles. The van der Waals surface area contributed by atoms with E-state index in [4.69, 9.17) is 9.47 Å². The van der Waals surface area contributed by atoms with Crippen LogP contribution in [0.25, 0.3) is 0 Å². The normalized spacial score (nSPS) is 12.7. The molecule has 0 saturated carbocycles. The third kappa shape index (κ3) is 8.03. The van der Waals surface area contributed by atoms with E-state index in [1.54, 1.807) is 30.3 Å². The molecular weight excluding hydrogens is 388 g/mol. The summed E-state index contributed by atoms with van der Waals surface area (Å²) >= 11 is 0. The molecule has 3 N–H and O–H groups in total. The first-order valence-corrected chi connectivity index (χ1v) is 9.86. The molecule has 0 aromatic heterocycles. The third-order valence-corrected chi connectivity index (χ3v) is 4.68. The van der Waals surface area contributed by atoms with E-state index in [0.29, 0.717) is 32.1 Å². The highest BCUT2D eigenvalue weighted by Gasteiger charge is 2.22. The lowest BCUT2D eigenvalue weighted by molar-refractivity contribution is -0.153. The van der Waals surface area contributed by atoms with Crippen LogP contribution in [0.15, 0.2) is 42.5 Å². The quantitative estimate of drug-likeness (QED) is 0.400. The van der Waals surface area contributed by atoms with Gasteiger partial charge in [0.05, 0.1) is 0 Å². The molecule has 2 aromatic carbocycles. The topological polar surface area (TPSA) is 113 Å². The van der Waals surface area contributed by atoms with Gasteiger partial charge in [-0.1, -0.05) is 18.2 Å². The first-order chi connectivity index (χ1) is 14.2. The van der Waals surface area contributed by atoms with Crippen molar-refractivity contribution in [2.75, 3.05) is 0 Å². The molecule has 0 amide bonds. The summed E-state index contributed by atoms with van der Waals surface area (Å²) in [6, 6.07) is 11.4. The minimum absolute atomic E-state index is 0.186. The van der Waals surface area contributed by atoms with E-state index < -0.39 is 24.1 Å². The number of aromatic hydroxyl groups is 3. The number of carbonyl (C=O) groups excluding carboxylic acids is 2. The minimum Gasteiger partial charge on any atom is -0.508 e. The van der Waals surface area contributed by atoms with Crippen molar-refractivity contribution in [2.45, 2.75) is 58.2 Å². The highest BCUT2D eigenvalue weighted by Crippen LogP contribution is 2.26. The number of carbonyl (C=O) groups is 2. The second-order valence-corrected chi connectivity index (χ2v) is 7.27. The highest BCUT2D eigenvalue weighted by atomic mass is 16.6. The van der Waals surface area contributed by atoms with Gasteiger partial charge in [-0.05, 0) is 61.1 Å². The molecule has 0 aliphatic carbocycles. The Balaban J connectivity index is 2.01. The summed E-state index contributed by atoms with van der Waals surface area (Å²) in [5, 5.41) is 28.5. The van der Waals surface area contributed by atoms with Crippen LogP contribution in [-0.4, -0.2) is 39.5 Å². The summed E-state index contributed by atoms with van der Waals surface area (Å²) < 4.78 is 10.9. The molecule has 7 heteroatoms. The van der Waals surface area contributed by atoms with E-state index in [-0.39, 0.29) is 17.2 Å². The van der Waals surface area contributed by atoms with Gasteiger partial charge >= 0.3 is 11.9 Å². The van der Waals surface area contributed by atoms with Gasteiger partial charge in [-0.25, -0.2) is 0 Å². The minimum atomic E-state index is -0.470. The molecule has 0 heterocycles. The maximum Gasteiger partial charge on any atom is 0.302 e. The van der Waals surface area contributed by atoms with E-state index >= 15 is 0 Å². The molecule has 162 valence electrons. The summed E-state index contributed by atoms with van der Waals surface area (Å²) in [5.74, 6) is -1.04. The van der Waals surface area contributed by atoms with Crippen LogP contribution in [0, 0.1) is 0 Å². The molecule has 30 heavy (non-hydrogen) atoms. The van der Waals surface area contributed by atoms with Crippen LogP contribution in [0.4, 0.5) is 0 Å². The fourth-order valence-electron chi connectivity index (χ4n) is 3.25. The van der Waals surface area contributed by atoms with Crippen molar-refractivity contribution in [3.05, 3.63) is 53.6 Å². The molecule has 2 aromatic rings. The zero-order valence-corrected chi connectivity index (χ0v) is 17.2. The van der Waals surface area contributed by atoms with Crippen molar-refractivity contribution in [3.8, 4) is 17.2 Å². The van der Waals surface area contributed by atoms with Crippen molar-refractivity contribution in [2.24, 2.45) is 0 Å². The van der Waals surface area contributed by atoms with E-state index in [0.717, 1.165) is 11.1 Å². The van der Waals surface area contributed by atoms with E-state index in [1.807, 2.05) is 0 Å². The molecule has 2 unspecified atom stereocenters. The van der Waals surface area contributed by atoms with Gasteiger partial charge in [-0.15, -0.1) is 0 Å². The van der Waals surface area contributed by atoms with Gasteiger partial charge in [0.15, 0.2) is 11.5 Å². The Labute approximate surface area is 175 Å². The highest BCUT2D eigenvalue weighted by molar-refractivity contribution is 5.66. The average Bonchev–Trinajstić information content (AvgIpc) is 2.67. The molecule has 0 spiro atoms. The summed E-state index contributed by atoms with van der Waals surface area (Å²) in [5.41, 5.74) is 1.78. The van der Waals surface area contributed by atoms with Crippen molar-refractivity contribution >= 4 is 11.9 Å². The third-order valence-electron chi connectivity index (χ3n) is 4.68. The Hall–Kier alpha value is -3.22. The number of hydrogen-bond acceptors (Lipinski definition) is 7. The Morgan fingerprint density at radius 1 is 0.767 bits per heavy atom. The molecule has 7 nitrogen and oxygen atoms in total. The number of hydrogen-bond donors (Lipinski definition) is 3. The fraction of sp³-hybridized carbons (Fsp3) is 0.391. The second-order valence-electron chi connectivity index (χ2n) is 7.27. The van der Waals surface area contributed by atoms with Gasteiger partial charge in [0, 0.05) is 20.3 Å². The van der Waals surface area contributed by atoms with Crippen LogP contribution in [0.1, 0.15) is 44.2 Å². The Morgan fingerprint density at radius 3 is 1.77 bits per heavy atom. The monoisotopic (exact) mass is 416 g/mol. The molecule has 0 radical (unpaired) electrons. The number of aryl methyl sites for hydroxylation is 2. The lowest BCUT2D eigenvalue weighted by atomic mass is 9.98. The lowest BCUT2D eigenvalue weighted by Crippen LogP contribution is -2.27. The average molecular weight is 416 g/mol. The Morgan fingerprint density at radius 2 is 1.27 bits per heavy atom. The predicted octanol–water partition coefficient (Wildman–Crippen LogP) is 3.62. The van der Waals surface area contributed by atoms with Gasteiger partial charge in [0.25, 0.3) is 0 Å². The van der Waals surface area contributed by atoms with Gasteiger partial charge in [0.2, 0.25) is 0 Å². The van der Waals surface area contributed by atoms with Gasteiger partial charge in [-0.2, -0.15) is 0 Å². The Kier molecular flexibility index (Phi) is 8.53. The zero-order chi connectivity index (χ0) is 22.1. The maximum absolute atomic E-state index is 11.6. The number of benzene rings is 2. The predicted molar refractivity (Wildman–Crippen MR) is 110 cm³/mol. The standard InChI is InChI=1S/C23H28O7/c1-15(24)29-20(10-5-17-3-8-19(26)9-4-17)14-21(30-16(2)25)11-6-18-7-12-22(27)23(28)13-18/h3-4,7-9,12-13,20-21,26-28H,5-6,10-11,14H2,1-2H3. The van der Waals surface area contributed by atoms with E-state index in [9.17, 15) is 24.9 Å². The number of ether oxygens (including phenoxy) is 2. The summed E-state index contributed by atoms with van der Waals surface area (Å²) in [6.45, 7) is 2.67. The van der Waals surface area contributed by atoms with Crippen molar-refractivity contribution < 1.29 is 34.4 Å². The summed E-state index contributed by atoms with van der Waals surface area (Å²) in [4.78, 5) is 23.1. The number of rotatable bonds is 10. The number of esters is 2. The van der Waals surface area contributed by atoms with Crippen molar-refractivity contribution in [1.82, 2.24) is 0 Å². The summed E-state index contributed by atoms with van der Waals surface area (Å²) in [6.07, 6.45) is 1.61. The largest absolute Gasteiger partial charge is 0.508 e. The molecule has 2 rings (SSSR count). The molecule has 2 atom stereocenters. The van der Waals surface area contributed by atoms with E-state index in [1.165, 1.54) is 26.0 Å². The van der Waals surface area contributed by atoms with Crippen LogP contribution in [0.3, 0.4) is 0 Å². The molecule has 0 bridgehead atoms. The van der Waals surface area contributed by atoms with Crippen LogP contribution in [-0.2, 0) is 31.9 Å². The van der Waals surface area contributed by atoms with Crippen LogP contribution in [0.5, 0.6) is 17.2 Å². The first-order valence-electron chi connectivity index (χ1n) is 9.86. The van der Waals surface area contributed by atoms with Crippen LogP contribution >= 0.6 is 0 Å². The Bertz CT molecular complexity index is 845. The van der Waals surface area contributed by atoms with Crippen LogP contribution < -0.4 is 0 Å². The van der Waals surface area contributed by atoms with Crippen LogP contribution in [0.2, 0.25) is 0 Å².